The Balaban J connectivity index is 2.18. The van der Waals surface area contributed by atoms with Crippen molar-refractivity contribution in [3.8, 4) is 11.8 Å². The Morgan fingerprint density at radius 3 is 2.68 bits per heavy atom. The lowest BCUT2D eigenvalue weighted by Crippen LogP contribution is -2.51. The molecule has 5 nitrogen and oxygen atoms in total. The van der Waals surface area contributed by atoms with Gasteiger partial charge in [-0.1, -0.05) is 0 Å². The maximum absolute atomic E-state index is 12.7. The lowest BCUT2D eigenvalue weighted by Gasteiger charge is -2.41. The zero-order valence-electron chi connectivity index (χ0n) is 12.4. The number of aromatic nitrogens is 1. The quantitative estimate of drug-likeness (QED) is 0.851. The normalized spacial score (nSPS) is 20.2. The standard InChI is InChI=1S/C17H15N3O2/c1-20-16(21)15-4-3-14(22-2)9-12(15)10-17(20,11-18)13-5-7-19-8-6-13/h3-9H,10H2,1-2H3. The number of benzene rings is 1. The fourth-order valence-corrected chi connectivity index (χ4v) is 2.90. The molecule has 0 radical (unpaired) electrons. The van der Waals surface area contributed by atoms with Gasteiger partial charge in [0, 0.05) is 31.4 Å². The Kier molecular flexibility index (Phi) is 3.30. The minimum Gasteiger partial charge on any atom is -0.497 e. The number of ether oxygens (including phenoxy) is 1. The van der Waals surface area contributed by atoms with Crippen molar-refractivity contribution in [2.24, 2.45) is 0 Å². The largest absolute Gasteiger partial charge is 0.497 e. The summed E-state index contributed by atoms with van der Waals surface area (Å²) < 4.78 is 5.23. The molecule has 5 heteroatoms. The zero-order valence-corrected chi connectivity index (χ0v) is 12.4. The van der Waals surface area contributed by atoms with Crippen LogP contribution in [0.3, 0.4) is 0 Å². The van der Waals surface area contributed by atoms with Crippen molar-refractivity contribution in [3.63, 3.8) is 0 Å². The second-order valence-corrected chi connectivity index (χ2v) is 5.27. The van der Waals surface area contributed by atoms with E-state index in [9.17, 15) is 10.1 Å². The van der Waals surface area contributed by atoms with Gasteiger partial charge in [-0.15, -0.1) is 0 Å². The second-order valence-electron chi connectivity index (χ2n) is 5.27. The molecule has 0 fully saturated rings. The number of hydrogen-bond donors (Lipinski definition) is 0. The highest BCUT2D eigenvalue weighted by Gasteiger charge is 2.44. The Morgan fingerprint density at radius 2 is 2.05 bits per heavy atom. The van der Waals surface area contributed by atoms with Gasteiger partial charge in [0.05, 0.1) is 13.2 Å². The molecule has 110 valence electrons. The van der Waals surface area contributed by atoms with Crippen molar-refractivity contribution in [1.82, 2.24) is 9.88 Å². The van der Waals surface area contributed by atoms with E-state index in [0.717, 1.165) is 11.1 Å². The molecule has 0 saturated carbocycles. The van der Waals surface area contributed by atoms with Crippen LogP contribution < -0.4 is 4.74 Å². The highest BCUT2D eigenvalue weighted by molar-refractivity contribution is 5.98. The average Bonchev–Trinajstić information content (AvgIpc) is 2.58. The summed E-state index contributed by atoms with van der Waals surface area (Å²) in [6.45, 7) is 0. The van der Waals surface area contributed by atoms with Gasteiger partial charge in [-0.3, -0.25) is 9.78 Å². The molecule has 1 aromatic heterocycles. The third-order valence-corrected chi connectivity index (χ3v) is 4.21. The van der Waals surface area contributed by atoms with E-state index in [4.69, 9.17) is 4.74 Å². The average molecular weight is 293 g/mol. The predicted molar refractivity (Wildman–Crippen MR) is 80.3 cm³/mol. The van der Waals surface area contributed by atoms with Gasteiger partial charge in [0.1, 0.15) is 5.75 Å². The van der Waals surface area contributed by atoms with Crippen LogP contribution in [0.25, 0.3) is 0 Å². The van der Waals surface area contributed by atoms with Crippen LogP contribution in [0.2, 0.25) is 0 Å². The van der Waals surface area contributed by atoms with Crippen LogP contribution >= 0.6 is 0 Å². The van der Waals surface area contributed by atoms with E-state index in [1.165, 1.54) is 4.90 Å². The summed E-state index contributed by atoms with van der Waals surface area (Å²) >= 11 is 0. The van der Waals surface area contributed by atoms with Gasteiger partial charge in [-0.05, 0) is 41.5 Å². The first-order valence-electron chi connectivity index (χ1n) is 6.89. The predicted octanol–water partition coefficient (Wildman–Crippen LogP) is 2.14. The number of fused-ring (bicyclic) bond motifs is 1. The van der Waals surface area contributed by atoms with E-state index in [1.54, 1.807) is 50.8 Å². The van der Waals surface area contributed by atoms with Crippen molar-refractivity contribution in [2.45, 2.75) is 12.0 Å². The van der Waals surface area contributed by atoms with E-state index in [0.29, 0.717) is 17.7 Å². The van der Waals surface area contributed by atoms with Gasteiger partial charge in [0.2, 0.25) is 0 Å². The van der Waals surface area contributed by atoms with Crippen LogP contribution in [0.15, 0.2) is 42.7 Å². The molecule has 22 heavy (non-hydrogen) atoms. The maximum atomic E-state index is 12.7. The van der Waals surface area contributed by atoms with Crippen LogP contribution in [-0.2, 0) is 12.0 Å². The van der Waals surface area contributed by atoms with Crippen LogP contribution in [-0.4, -0.2) is 29.9 Å². The molecule has 3 rings (SSSR count). The minimum atomic E-state index is -1.03. The molecule has 1 aromatic carbocycles. The first kappa shape index (κ1) is 14.1. The van der Waals surface area contributed by atoms with Crippen molar-refractivity contribution >= 4 is 5.91 Å². The second kappa shape index (κ2) is 5.15. The number of likely N-dealkylation sites (N-methyl/N-ethyl adjacent to an activating group) is 1. The summed E-state index contributed by atoms with van der Waals surface area (Å²) in [5.41, 5.74) is 1.16. The van der Waals surface area contributed by atoms with E-state index in [2.05, 4.69) is 11.1 Å². The molecule has 0 aliphatic carbocycles. The monoisotopic (exact) mass is 293 g/mol. The topological polar surface area (TPSA) is 66.2 Å². The van der Waals surface area contributed by atoms with Crippen LogP contribution in [0.4, 0.5) is 0 Å². The Hall–Kier alpha value is -2.87. The maximum Gasteiger partial charge on any atom is 0.255 e. The number of hydrogen-bond acceptors (Lipinski definition) is 4. The number of carbonyl (C=O) groups excluding carboxylic acids is 1. The zero-order chi connectivity index (χ0) is 15.7. The number of nitrogens with zero attached hydrogens (tertiary/aromatic N) is 3. The first-order chi connectivity index (χ1) is 10.6. The van der Waals surface area contributed by atoms with Gasteiger partial charge in [-0.2, -0.15) is 5.26 Å². The van der Waals surface area contributed by atoms with Crippen molar-refractivity contribution in [1.29, 1.82) is 5.26 Å². The molecule has 0 saturated heterocycles. The summed E-state index contributed by atoms with van der Waals surface area (Å²) in [7, 11) is 3.25. The van der Waals surface area contributed by atoms with Crippen LogP contribution in [0.5, 0.6) is 5.75 Å². The summed E-state index contributed by atoms with van der Waals surface area (Å²) in [6, 6.07) is 11.2. The molecular weight excluding hydrogens is 278 g/mol. The third-order valence-electron chi connectivity index (χ3n) is 4.21. The fraction of sp³-hybridized carbons (Fsp3) is 0.235. The van der Waals surface area contributed by atoms with Crippen molar-refractivity contribution in [3.05, 3.63) is 59.4 Å². The van der Waals surface area contributed by atoms with Crippen LogP contribution in [0, 0.1) is 11.3 Å². The number of pyridine rings is 1. The molecule has 0 bridgehead atoms. The minimum absolute atomic E-state index is 0.165. The molecule has 1 atom stereocenters. The Bertz CT molecular complexity index is 767. The SMILES string of the molecule is COc1ccc2c(c1)CC(C#N)(c1ccncc1)N(C)C2=O. The third kappa shape index (κ3) is 1.92. The van der Waals surface area contributed by atoms with Gasteiger partial charge >= 0.3 is 0 Å². The van der Waals surface area contributed by atoms with E-state index in [1.807, 2.05) is 6.07 Å². The highest BCUT2D eigenvalue weighted by Crippen LogP contribution is 2.38. The summed E-state index contributed by atoms with van der Waals surface area (Å²) in [5, 5.41) is 9.84. The first-order valence-corrected chi connectivity index (χ1v) is 6.89. The van der Waals surface area contributed by atoms with Crippen molar-refractivity contribution < 1.29 is 9.53 Å². The number of carbonyl (C=O) groups is 1. The van der Waals surface area contributed by atoms with E-state index in [-0.39, 0.29) is 5.91 Å². The molecule has 1 amide bonds. The fourth-order valence-electron chi connectivity index (χ4n) is 2.90. The smallest absolute Gasteiger partial charge is 0.255 e. The number of rotatable bonds is 2. The number of amides is 1. The van der Waals surface area contributed by atoms with Gasteiger partial charge in [0.25, 0.3) is 5.91 Å². The molecule has 1 aliphatic heterocycles. The summed E-state index contributed by atoms with van der Waals surface area (Å²) in [4.78, 5) is 18.2. The molecule has 2 aromatic rings. The van der Waals surface area contributed by atoms with Gasteiger partial charge in [-0.25, -0.2) is 0 Å². The molecular formula is C17H15N3O2. The molecule has 1 aliphatic rings. The highest BCUT2D eigenvalue weighted by atomic mass is 16.5. The van der Waals surface area contributed by atoms with E-state index >= 15 is 0 Å². The Morgan fingerprint density at radius 1 is 1.32 bits per heavy atom. The molecule has 2 heterocycles. The summed E-state index contributed by atoms with van der Waals surface area (Å²) in [5.74, 6) is 0.514. The molecule has 0 N–H and O–H groups in total. The van der Waals surface area contributed by atoms with Crippen LogP contribution in [0.1, 0.15) is 21.5 Å². The molecule has 1 unspecified atom stereocenters. The number of nitriles is 1. The summed E-state index contributed by atoms with van der Waals surface area (Å²) in [6.07, 6.45) is 3.68. The van der Waals surface area contributed by atoms with Gasteiger partial charge in [0.15, 0.2) is 5.54 Å². The van der Waals surface area contributed by atoms with Crippen molar-refractivity contribution in [2.75, 3.05) is 14.2 Å². The van der Waals surface area contributed by atoms with Gasteiger partial charge < -0.3 is 9.64 Å². The van der Waals surface area contributed by atoms with E-state index < -0.39 is 5.54 Å². The Labute approximate surface area is 128 Å². The molecule has 0 spiro atoms. The lowest BCUT2D eigenvalue weighted by atomic mass is 9.79. The lowest BCUT2D eigenvalue weighted by molar-refractivity contribution is 0.0616. The number of methoxy groups -OCH3 is 1.